The van der Waals surface area contributed by atoms with E-state index in [4.69, 9.17) is 5.73 Å². The summed E-state index contributed by atoms with van der Waals surface area (Å²) in [5.41, 5.74) is 5.11. The molecule has 1 rings (SSSR count). The summed E-state index contributed by atoms with van der Waals surface area (Å²) in [6.07, 6.45) is 0. The summed E-state index contributed by atoms with van der Waals surface area (Å²) >= 11 is 0. The molecule has 20 heavy (non-hydrogen) atoms. The second-order valence-electron chi connectivity index (χ2n) is 4.14. The van der Waals surface area contributed by atoms with Crippen molar-refractivity contribution in [2.24, 2.45) is 5.73 Å². The number of amides is 4. The van der Waals surface area contributed by atoms with Crippen LogP contribution < -0.4 is 16.4 Å². The Hall–Kier alpha value is -2.48. The number of carbonyl (C=O) groups excluding carboxylic acids is 3. The number of nitrogens with one attached hydrogen (secondary N) is 2. The monoisotopic (exact) mass is 282 g/mol. The fourth-order valence-electron chi connectivity index (χ4n) is 1.49. The summed E-state index contributed by atoms with van der Waals surface area (Å²) in [7, 11) is 1.52. The van der Waals surface area contributed by atoms with E-state index in [0.29, 0.717) is 5.69 Å². The number of benzene rings is 1. The molecule has 4 N–H and O–H groups in total. The van der Waals surface area contributed by atoms with Crippen LogP contribution in [-0.4, -0.2) is 42.9 Å². The molecule has 4 amide bonds. The van der Waals surface area contributed by atoms with Crippen LogP contribution in [0.4, 0.5) is 14.9 Å². The van der Waals surface area contributed by atoms with Gasteiger partial charge < -0.3 is 11.1 Å². The molecule has 8 heteroatoms. The van der Waals surface area contributed by atoms with Crippen LogP contribution in [0.3, 0.4) is 0 Å². The minimum Gasteiger partial charge on any atom is -0.351 e. The van der Waals surface area contributed by atoms with Gasteiger partial charge in [-0.15, -0.1) is 0 Å². The minimum atomic E-state index is -0.951. The quantitative estimate of drug-likeness (QED) is 0.701. The lowest BCUT2D eigenvalue weighted by Gasteiger charge is -2.15. The number of hydrogen-bond donors (Lipinski definition) is 3. The van der Waals surface area contributed by atoms with Crippen molar-refractivity contribution in [1.29, 1.82) is 0 Å². The lowest BCUT2D eigenvalue weighted by atomic mass is 10.3. The molecule has 0 heterocycles. The first kappa shape index (κ1) is 15.6. The normalized spacial score (nSPS) is 10.2. The number of anilines is 1. The molecule has 1 aromatic rings. The molecular weight excluding hydrogens is 267 g/mol. The van der Waals surface area contributed by atoms with Crippen molar-refractivity contribution < 1.29 is 18.8 Å². The van der Waals surface area contributed by atoms with Gasteiger partial charge in [0.25, 0.3) is 0 Å². The molecule has 0 fully saturated rings. The summed E-state index contributed by atoms with van der Waals surface area (Å²) in [4.78, 5) is 34.7. The van der Waals surface area contributed by atoms with Gasteiger partial charge in [-0.25, -0.2) is 9.18 Å². The molecule has 0 unspecified atom stereocenters. The highest BCUT2D eigenvalue weighted by Gasteiger charge is 2.12. The number of carbonyl (C=O) groups is 3. The molecule has 0 aliphatic carbocycles. The second kappa shape index (κ2) is 7.19. The second-order valence-corrected chi connectivity index (χ2v) is 4.14. The SMILES string of the molecule is CN(CC(=O)NC(N)=O)CC(=O)Nc1cccc(F)c1. The Labute approximate surface area is 114 Å². The highest BCUT2D eigenvalue weighted by atomic mass is 19.1. The van der Waals surface area contributed by atoms with E-state index < -0.39 is 23.7 Å². The molecule has 108 valence electrons. The highest BCUT2D eigenvalue weighted by molar-refractivity contribution is 5.95. The van der Waals surface area contributed by atoms with Crippen LogP contribution in [0.5, 0.6) is 0 Å². The van der Waals surface area contributed by atoms with Gasteiger partial charge >= 0.3 is 6.03 Å². The van der Waals surface area contributed by atoms with Crippen molar-refractivity contribution in [3.05, 3.63) is 30.1 Å². The summed E-state index contributed by atoms with van der Waals surface area (Å²) in [5.74, 6) is -1.49. The van der Waals surface area contributed by atoms with Gasteiger partial charge in [0.05, 0.1) is 13.1 Å². The molecule has 0 aliphatic rings. The number of nitrogens with zero attached hydrogens (tertiary/aromatic N) is 1. The maximum Gasteiger partial charge on any atom is 0.318 e. The summed E-state index contributed by atoms with van der Waals surface area (Å²) in [6, 6.07) is 4.50. The molecule has 0 bridgehead atoms. The Balaban J connectivity index is 2.42. The zero-order chi connectivity index (χ0) is 15.1. The predicted molar refractivity (Wildman–Crippen MR) is 70.3 cm³/mol. The zero-order valence-electron chi connectivity index (χ0n) is 10.9. The largest absolute Gasteiger partial charge is 0.351 e. The van der Waals surface area contributed by atoms with Crippen molar-refractivity contribution in [2.45, 2.75) is 0 Å². The molecule has 0 saturated carbocycles. The van der Waals surface area contributed by atoms with Crippen molar-refractivity contribution in [2.75, 3.05) is 25.5 Å². The minimum absolute atomic E-state index is 0.0945. The molecule has 1 aromatic carbocycles. The van der Waals surface area contributed by atoms with Gasteiger partial charge in [0.15, 0.2) is 0 Å². The van der Waals surface area contributed by atoms with Crippen LogP contribution in [0.25, 0.3) is 0 Å². The van der Waals surface area contributed by atoms with Crippen LogP contribution in [0.1, 0.15) is 0 Å². The average molecular weight is 282 g/mol. The first-order chi connectivity index (χ1) is 9.36. The first-order valence-corrected chi connectivity index (χ1v) is 5.70. The van der Waals surface area contributed by atoms with Gasteiger partial charge in [-0.1, -0.05) is 6.07 Å². The van der Waals surface area contributed by atoms with Gasteiger partial charge in [-0.2, -0.15) is 0 Å². The maximum absolute atomic E-state index is 12.9. The number of primary amides is 1. The molecule has 0 saturated heterocycles. The van der Waals surface area contributed by atoms with Crippen LogP contribution >= 0.6 is 0 Å². The fraction of sp³-hybridized carbons (Fsp3) is 0.250. The number of hydrogen-bond acceptors (Lipinski definition) is 4. The maximum atomic E-state index is 12.9. The third-order valence-electron chi connectivity index (χ3n) is 2.20. The predicted octanol–water partition coefficient (Wildman–Crippen LogP) is -0.109. The van der Waals surface area contributed by atoms with Crippen LogP contribution in [0.15, 0.2) is 24.3 Å². The summed E-state index contributed by atoms with van der Waals surface area (Å²) in [5, 5.41) is 4.36. The van der Waals surface area contributed by atoms with Crippen LogP contribution in [0.2, 0.25) is 0 Å². The van der Waals surface area contributed by atoms with Crippen molar-refractivity contribution >= 4 is 23.5 Å². The number of urea groups is 1. The molecule has 0 atom stereocenters. The van der Waals surface area contributed by atoms with E-state index in [9.17, 15) is 18.8 Å². The number of imide groups is 1. The lowest BCUT2D eigenvalue weighted by molar-refractivity contribution is -0.122. The summed E-state index contributed by atoms with van der Waals surface area (Å²) in [6.45, 7) is -0.262. The lowest BCUT2D eigenvalue weighted by Crippen LogP contribution is -2.43. The third kappa shape index (κ3) is 5.91. The molecule has 0 aromatic heterocycles. The zero-order valence-corrected chi connectivity index (χ0v) is 10.9. The Morgan fingerprint density at radius 3 is 2.50 bits per heavy atom. The van der Waals surface area contributed by atoms with E-state index in [-0.39, 0.29) is 13.1 Å². The van der Waals surface area contributed by atoms with Gasteiger partial charge in [-0.05, 0) is 25.2 Å². The topological polar surface area (TPSA) is 105 Å². The van der Waals surface area contributed by atoms with Crippen LogP contribution in [-0.2, 0) is 9.59 Å². The number of likely N-dealkylation sites (N-methyl/N-ethyl adjacent to an activating group) is 1. The first-order valence-electron chi connectivity index (χ1n) is 5.70. The standard InChI is InChI=1S/C12H15FN4O3/c1-17(7-11(19)16-12(14)20)6-10(18)15-9-4-2-3-8(13)5-9/h2-5H,6-7H2,1H3,(H,15,18)(H3,14,16,19,20). The third-order valence-corrected chi connectivity index (χ3v) is 2.20. The Morgan fingerprint density at radius 1 is 1.25 bits per heavy atom. The number of halogens is 1. The Kier molecular flexibility index (Phi) is 5.60. The number of rotatable bonds is 5. The van der Waals surface area contributed by atoms with Gasteiger partial charge in [-0.3, -0.25) is 19.8 Å². The van der Waals surface area contributed by atoms with E-state index in [1.807, 2.05) is 5.32 Å². The fourth-order valence-corrected chi connectivity index (χ4v) is 1.49. The van der Waals surface area contributed by atoms with Gasteiger partial charge in [0, 0.05) is 5.69 Å². The van der Waals surface area contributed by atoms with Crippen LogP contribution in [0, 0.1) is 5.82 Å². The van der Waals surface area contributed by atoms with Gasteiger partial charge in [0.1, 0.15) is 5.82 Å². The Bertz CT molecular complexity index is 521. The smallest absolute Gasteiger partial charge is 0.318 e. The van der Waals surface area contributed by atoms with Crippen molar-refractivity contribution in [1.82, 2.24) is 10.2 Å². The van der Waals surface area contributed by atoms with Crippen molar-refractivity contribution in [3.63, 3.8) is 0 Å². The molecule has 0 aliphatic heterocycles. The molecule has 7 nitrogen and oxygen atoms in total. The Morgan fingerprint density at radius 2 is 1.90 bits per heavy atom. The summed E-state index contributed by atoms with van der Waals surface area (Å²) < 4.78 is 12.9. The van der Waals surface area contributed by atoms with E-state index in [0.717, 1.165) is 0 Å². The molecule has 0 radical (unpaired) electrons. The highest BCUT2D eigenvalue weighted by Crippen LogP contribution is 2.08. The van der Waals surface area contributed by atoms with Gasteiger partial charge in [0.2, 0.25) is 11.8 Å². The van der Waals surface area contributed by atoms with E-state index in [1.165, 1.54) is 30.1 Å². The average Bonchev–Trinajstić information content (AvgIpc) is 2.26. The van der Waals surface area contributed by atoms with E-state index in [2.05, 4.69) is 5.32 Å². The van der Waals surface area contributed by atoms with E-state index in [1.54, 1.807) is 6.07 Å². The van der Waals surface area contributed by atoms with E-state index >= 15 is 0 Å². The molecule has 0 spiro atoms. The van der Waals surface area contributed by atoms with Crippen molar-refractivity contribution in [3.8, 4) is 0 Å². The number of nitrogens with two attached hydrogens (primary N) is 1. The molecular formula is C12H15FN4O3.